The average Bonchev–Trinajstić information content (AvgIpc) is 3.01. The number of carboxylic acid groups (broad SMARTS) is 1. The van der Waals surface area contributed by atoms with Crippen LogP contribution in [-0.4, -0.2) is 23.8 Å². The van der Waals surface area contributed by atoms with Gasteiger partial charge in [-0.15, -0.1) is 0 Å². The largest absolute Gasteiger partial charge is 0.478 e. The predicted octanol–water partition coefficient (Wildman–Crippen LogP) is 4.88. The van der Waals surface area contributed by atoms with E-state index in [1.54, 1.807) is 0 Å². The number of rotatable bonds is 4. The van der Waals surface area contributed by atoms with Crippen molar-refractivity contribution in [2.75, 3.05) is 11.9 Å². The second kappa shape index (κ2) is 7.15. The standard InChI is InChI=1S/C22H16FNO4/c23-13-9-10-20(18(11-13)21(25)26)24-22(27)28-12-19-16-7-3-1-5-14(16)15-6-2-4-8-17(15)19/h1-11,19H,12H2,(H,24,27)(H,25,26). The Morgan fingerprint density at radius 1 is 0.964 bits per heavy atom. The lowest BCUT2D eigenvalue weighted by molar-refractivity contribution is 0.0697. The van der Waals surface area contributed by atoms with Gasteiger partial charge in [-0.05, 0) is 40.5 Å². The van der Waals surface area contributed by atoms with Crippen LogP contribution in [0, 0.1) is 5.82 Å². The van der Waals surface area contributed by atoms with Crippen LogP contribution in [0.25, 0.3) is 11.1 Å². The van der Waals surface area contributed by atoms with Gasteiger partial charge in [0.05, 0.1) is 11.3 Å². The Morgan fingerprint density at radius 3 is 2.18 bits per heavy atom. The van der Waals surface area contributed by atoms with Crippen molar-refractivity contribution < 1.29 is 23.8 Å². The van der Waals surface area contributed by atoms with Crippen LogP contribution in [0.3, 0.4) is 0 Å². The summed E-state index contributed by atoms with van der Waals surface area (Å²) in [5.41, 5.74) is 4.01. The van der Waals surface area contributed by atoms with Gasteiger partial charge in [0.15, 0.2) is 0 Å². The summed E-state index contributed by atoms with van der Waals surface area (Å²) in [6.07, 6.45) is -0.795. The van der Waals surface area contributed by atoms with Gasteiger partial charge in [0.1, 0.15) is 12.4 Å². The molecule has 0 heterocycles. The Kier molecular flexibility index (Phi) is 4.53. The molecule has 0 radical (unpaired) electrons. The first-order chi connectivity index (χ1) is 13.5. The first-order valence-electron chi connectivity index (χ1n) is 8.69. The zero-order chi connectivity index (χ0) is 19.7. The van der Waals surface area contributed by atoms with Gasteiger partial charge in [0.25, 0.3) is 0 Å². The number of ether oxygens (including phenoxy) is 1. The molecule has 2 N–H and O–H groups in total. The van der Waals surface area contributed by atoms with Crippen molar-refractivity contribution >= 4 is 17.7 Å². The van der Waals surface area contributed by atoms with Gasteiger partial charge in [-0.1, -0.05) is 48.5 Å². The molecule has 5 nitrogen and oxygen atoms in total. The molecule has 0 fully saturated rings. The maximum Gasteiger partial charge on any atom is 0.411 e. The third kappa shape index (κ3) is 3.20. The van der Waals surface area contributed by atoms with Crippen LogP contribution in [0.2, 0.25) is 0 Å². The highest BCUT2D eigenvalue weighted by Crippen LogP contribution is 2.44. The van der Waals surface area contributed by atoms with Crippen molar-refractivity contribution in [1.82, 2.24) is 0 Å². The average molecular weight is 377 g/mol. The summed E-state index contributed by atoms with van der Waals surface area (Å²) in [5.74, 6) is -2.14. The van der Waals surface area contributed by atoms with Gasteiger partial charge >= 0.3 is 12.1 Å². The van der Waals surface area contributed by atoms with E-state index in [0.717, 1.165) is 34.4 Å². The lowest BCUT2D eigenvalue weighted by Crippen LogP contribution is -2.19. The van der Waals surface area contributed by atoms with E-state index < -0.39 is 17.9 Å². The first-order valence-corrected chi connectivity index (χ1v) is 8.69. The molecule has 1 amide bonds. The fourth-order valence-corrected chi connectivity index (χ4v) is 3.55. The molecule has 6 heteroatoms. The van der Waals surface area contributed by atoms with E-state index in [4.69, 9.17) is 9.84 Å². The summed E-state index contributed by atoms with van der Waals surface area (Å²) in [4.78, 5) is 23.5. The molecule has 28 heavy (non-hydrogen) atoms. The number of carbonyl (C=O) groups excluding carboxylic acids is 1. The summed E-state index contributed by atoms with van der Waals surface area (Å²) in [6.45, 7) is 0.101. The molecule has 0 aliphatic heterocycles. The zero-order valence-corrected chi connectivity index (χ0v) is 14.7. The van der Waals surface area contributed by atoms with Crippen LogP contribution in [-0.2, 0) is 4.74 Å². The molecule has 0 bridgehead atoms. The van der Waals surface area contributed by atoms with Crippen molar-refractivity contribution in [3.63, 3.8) is 0 Å². The van der Waals surface area contributed by atoms with E-state index in [1.165, 1.54) is 6.07 Å². The predicted molar refractivity (Wildman–Crippen MR) is 102 cm³/mol. The number of carbonyl (C=O) groups is 2. The van der Waals surface area contributed by atoms with E-state index in [-0.39, 0.29) is 23.8 Å². The number of hydrogen-bond acceptors (Lipinski definition) is 3. The number of benzene rings is 3. The van der Waals surface area contributed by atoms with Crippen molar-refractivity contribution in [2.45, 2.75) is 5.92 Å². The third-order valence-electron chi connectivity index (χ3n) is 4.79. The van der Waals surface area contributed by atoms with E-state index in [1.807, 2.05) is 48.5 Å². The summed E-state index contributed by atoms with van der Waals surface area (Å²) in [7, 11) is 0. The molecule has 0 aromatic heterocycles. The number of fused-ring (bicyclic) bond motifs is 3. The lowest BCUT2D eigenvalue weighted by atomic mass is 9.98. The number of halogens is 1. The maximum atomic E-state index is 13.3. The molecule has 0 saturated heterocycles. The van der Waals surface area contributed by atoms with E-state index in [2.05, 4.69) is 5.32 Å². The van der Waals surface area contributed by atoms with Crippen LogP contribution in [0.5, 0.6) is 0 Å². The summed E-state index contributed by atoms with van der Waals surface area (Å²) in [6, 6.07) is 19.0. The molecule has 0 atom stereocenters. The minimum absolute atomic E-state index is 0.0221. The fourth-order valence-electron chi connectivity index (χ4n) is 3.55. The Hall–Kier alpha value is -3.67. The van der Waals surface area contributed by atoms with E-state index >= 15 is 0 Å². The third-order valence-corrected chi connectivity index (χ3v) is 4.79. The van der Waals surface area contributed by atoms with Crippen LogP contribution in [0.1, 0.15) is 27.4 Å². The SMILES string of the molecule is O=C(Nc1ccc(F)cc1C(=O)O)OCC1c2ccccc2-c2ccccc21. The van der Waals surface area contributed by atoms with Crippen LogP contribution in [0.4, 0.5) is 14.9 Å². The molecule has 3 aromatic rings. The second-order valence-corrected chi connectivity index (χ2v) is 6.45. The second-order valence-electron chi connectivity index (χ2n) is 6.45. The molecule has 140 valence electrons. The number of amides is 1. The normalized spacial score (nSPS) is 12.2. The Balaban J connectivity index is 1.51. The van der Waals surface area contributed by atoms with E-state index in [9.17, 15) is 14.0 Å². The first kappa shape index (κ1) is 17.7. The van der Waals surface area contributed by atoms with Crippen LogP contribution < -0.4 is 5.32 Å². The molecule has 1 aliphatic carbocycles. The molecule has 4 rings (SSSR count). The Labute approximate surface area is 160 Å². The molecule has 0 saturated carbocycles. The van der Waals surface area contributed by atoms with Crippen molar-refractivity contribution in [1.29, 1.82) is 0 Å². The highest BCUT2D eigenvalue weighted by Gasteiger charge is 2.29. The summed E-state index contributed by atoms with van der Waals surface area (Å²) in [5, 5.41) is 11.5. The molecular formula is C22H16FNO4. The quantitative estimate of drug-likeness (QED) is 0.679. The number of nitrogens with one attached hydrogen (secondary N) is 1. The lowest BCUT2D eigenvalue weighted by Gasteiger charge is -2.15. The molecule has 3 aromatic carbocycles. The van der Waals surface area contributed by atoms with Crippen LogP contribution in [0.15, 0.2) is 66.7 Å². The smallest absolute Gasteiger partial charge is 0.411 e. The zero-order valence-electron chi connectivity index (χ0n) is 14.7. The maximum absolute atomic E-state index is 13.3. The van der Waals surface area contributed by atoms with E-state index in [0.29, 0.717) is 0 Å². The topological polar surface area (TPSA) is 75.6 Å². The van der Waals surface area contributed by atoms with Gasteiger partial charge in [-0.2, -0.15) is 0 Å². The Bertz CT molecular complexity index is 1030. The number of carboxylic acids is 1. The van der Waals surface area contributed by atoms with Crippen molar-refractivity contribution in [2.24, 2.45) is 0 Å². The molecule has 0 unspecified atom stereocenters. The Morgan fingerprint density at radius 2 is 1.57 bits per heavy atom. The van der Waals surface area contributed by atoms with Crippen molar-refractivity contribution in [3.05, 3.63) is 89.2 Å². The highest BCUT2D eigenvalue weighted by atomic mass is 19.1. The number of hydrogen-bond donors (Lipinski definition) is 2. The summed E-state index contributed by atoms with van der Waals surface area (Å²) < 4.78 is 18.6. The number of aromatic carboxylic acids is 1. The molecular weight excluding hydrogens is 361 g/mol. The van der Waals surface area contributed by atoms with Crippen LogP contribution >= 0.6 is 0 Å². The fraction of sp³-hybridized carbons (Fsp3) is 0.0909. The molecule has 1 aliphatic rings. The minimum atomic E-state index is -1.34. The number of anilines is 1. The van der Waals surface area contributed by atoms with Gasteiger partial charge < -0.3 is 9.84 Å². The van der Waals surface area contributed by atoms with Gasteiger partial charge in [-0.3, -0.25) is 5.32 Å². The monoisotopic (exact) mass is 377 g/mol. The highest BCUT2D eigenvalue weighted by molar-refractivity contribution is 5.98. The van der Waals surface area contributed by atoms with Crippen molar-refractivity contribution in [3.8, 4) is 11.1 Å². The van der Waals surface area contributed by atoms with Gasteiger partial charge in [0, 0.05) is 5.92 Å². The molecule has 0 spiro atoms. The minimum Gasteiger partial charge on any atom is -0.478 e. The van der Waals surface area contributed by atoms with Gasteiger partial charge in [-0.25, -0.2) is 14.0 Å². The summed E-state index contributed by atoms with van der Waals surface area (Å²) >= 11 is 0. The van der Waals surface area contributed by atoms with Gasteiger partial charge in [0.2, 0.25) is 0 Å².